The van der Waals surface area contributed by atoms with Crippen molar-refractivity contribution in [1.82, 2.24) is 20.7 Å². The number of fused-ring (bicyclic) bond motifs is 1. The number of aromatic nitrogens is 3. The number of ether oxygens (including phenoxy) is 2. The maximum absolute atomic E-state index is 13.6. The van der Waals surface area contributed by atoms with Crippen LogP contribution in [0.3, 0.4) is 0 Å². The zero-order valence-electron chi connectivity index (χ0n) is 20.8. The molecule has 0 saturated heterocycles. The van der Waals surface area contributed by atoms with Crippen LogP contribution in [0, 0.1) is 5.82 Å². The van der Waals surface area contributed by atoms with Gasteiger partial charge in [-0.3, -0.25) is 14.4 Å². The van der Waals surface area contributed by atoms with Crippen molar-refractivity contribution in [3.05, 3.63) is 60.2 Å². The number of sulfonamides is 1. The van der Waals surface area contributed by atoms with Crippen molar-refractivity contribution in [3.8, 4) is 5.75 Å². The third-order valence-electron chi connectivity index (χ3n) is 5.71. The van der Waals surface area contributed by atoms with Gasteiger partial charge < -0.3 is 14.8 Å². The Bertz CT molecular complexity index is 1500. The number of carbonyl (C=O) groups excluding carboxylic acids is 2. The molecule has 17 heteroatoms. The molecule has 214 valence electrons. The van der Waals surface area contributed by atoms with Gasteiger partial charge in [0.15, 0.2) is 5.69 Å². The number of nitrogens with zero attached hydrogens (tertiary/aromatic N) is 3. The molecule has 2 aromatic carbocycles. The number of carbonyl (C=O) groups is 2. The zero-order chi connectivity index (χ0) is 29.3. The first-order valence-corrected chi connectivity index (χ1v) is 12.9. The molecule has 2 heterocycles. The number of hydrogen-bond donors (Lipinski definition) is 3. The third-order valence-corrected chi connectivity index (χ3v) is 7.50. The smallest absolute Gasteiger partial charge is 0.427 e. The lowest BCUT2D eigenvalue weighted by Crippen LogP contribution is -2.48. The summed E-state index contributed by atoms with van der Waals surface area (Å²) >= 11 is 0. The quantitative estimate of drug-likeness (QED) is 0.357. The fourth-order valence-corrected chi connectivity index (χ4v) is 5.00. The van der Waals surface area contributed by atoms with Crippen LogP contribution in [0.4, 0.5) is 33.7 Å². The molecule has 1 unspecified atom stereocenters. The molecule has 0 spiro atoms. The van der Waals surface area contributed by atoms with Crippen molar-refractivity contribution < 1.29 is 45.0 Å². The fraction of sp³-hybridized carbons (Fsp3) is 0.304. The van der Waals surface area contributed by atoms with Crippen LogP contribution in [-0.4, -0.2) is 66.8 Å². The lowest BCUT2D eigenvalue weighted by atomic mass is 10.1. The number of rotatable bonds is 7. The van der Waals surface area contributed by atoms with Gasteiger partial charge in [-0.2, -0.15) is 28.6 Å². The summed E-state index contributed by atoms with van der Waals surface area (Å²) < 4.78 is 91.2. The van der Waals surface area contributed by atoms with E-state index >= 15 is 0 Å². The molecular weight excluding hydrogens is 564 g/mol. The van der Waals surface area contributed by atoms with Crippen molar-refractivity contribution >= 4 is 33.4 Å². The highest BCUT2D eigenvalue weighted by atomic mass is 32.2. The van der Waals surface area contributed by atoms with Gasteiger partial charge in [-0.25, -0.2) is 17.6 Å². The van der Waals surface area contributed by atoms with E-state index in [-0.39, 0.29) is 40.8 Å². The Morgan fingerprint density at radius 1 is 1.18 bits per heavy atom. The molecule has 3 N–H and O–H groups in total. The Morgan fingerprint density at radius 2 is 1.88 bits per heavy atom. The molecule has 40 heavy (non-hydrogen) atoms. The van der Waals surface area contributed by atoms with Gasteiger partial charge in [0, 0.05) is 5.69 Å². The molecule has 1 aliphatic heterocycles. The molecular formula is C23H22F4N6O6S. The minimum atomic E-state index is -4.84. The average molecular weight is 587 g/mol. The first-order valence-electron chi connectivity index (χ1n) is 11.5. The van der Waals surface area contributed by atoms with Crippen LogP contribution in [0.25, 0.3) is 0 Å². The van der Waals surface area contributed by atoms with Crippen molar-refractivity contribution in [2.24, 2.45) is 0 Å². The lowest BCUT2D eigenvalue weighted by molar-refractivity contribution is -0.242. The first kappa shape index (κ1) is 28.6. The van der Waals surface area contributed by atoms with Crippen molar-refractivity contribution in [2.45, 2.75) is 36.6 Å². The number of hydrogen-bond acceptors (Lipinski definition) is 8. The normalized spacial score (nSPS) is 15.6. The van der Waals surface area contributed by atoms with Crippen molar-refractivity contribution in [2.75, 3.05) is 22.7 Å². The van der Waals surface area contributed by atoms with Gasteiger partial charge in [-0.05, 0) is 56.3 Å². The van der Waals surface area contributed by atoms with Gasteiger partial charge >= 0.3 is 12.3 Å². The predicted molar refractivity (Wildman–Crippen MR) is 131 cm³/mol. The molecule has 0 radical (unpaired) electrons. The van der Waals surface area contributed by atoms with E-state index in [1.807, 2.05) is 0 Å². The van der Waals surface area contributed by atoms with Crippen LogP contribution in [0.15, 0.2) is 53.6 Å². The van der Waals surface area contributed by atoms with Crippen molar-refractivity contribution in [1.29, 1.82) is 0 Å². The third kappa shape index (κ3) is 6.08. The Hall–Kier alpha value is -4.41. The summed E-state index contributed by atoms with van der Waals surface area (Å²) in [6.45, 7) is 0.859. The van der Waals surface area contributed by atoms with Gasteiger partial charge in [0.25, 0.3) is 15.9 Å². The first-order chi connectivity index (χ1) is 18.7. The number of amides is 2. The highest BCUT2D eigenvalue weighted by Crippen LogP contribution is 2.39. The maximum atomic E-state index is 13.6. The van der Waals surface area contributed by atoms with Gasteiger partial charge in [0.1, 0.15) is 17.7 Å². The molecule has 12 nitrogen and oxygen atoms in total. The second kappa shape index (κ2) is 10.6. The van der Waals surface area contributed by atoms with Gasteiger partial charge in [-0.1, -0.05) is 0 Å². The SMILES string of the molecule is CC(C)(OC(=O)Nc1ccc2c(c1)N(S(=O)(=O)c1ccc(F)cc1)CC(CNC(=O)c1cn[nH]n1)O2)C(F)(F)F. The number of halogens is 4. The van der Waals surface area contributed by atoms with E-state index in [4.69, 9.17) is 4.74 Å². The molecule has 3 aromatic rings. The Balaban J connectivity index is 1.62. The second-order valence-corrected chi connectivity index (χ2v) is 10.9. The van der Waals surface area contributed by atoms with E-state index in [1.54, 1.807) is 0 Å². The Morgan fingerprint density at radius 3 is 2.50 bits per heavy atom. The van der Waals surface area contributed by atoms with Crippen LogP contribution in [0.2, 0.25) is 0 Å². The summed E-state index contributed by atoms with van der Waals surface area (Å²) in [5, 5.41) is 14.2. The summed E-state index contributed by atoms with van der Waals surface area (Å²) in [6, 6.07) is 7.75. The molecule has 4 rings (SSSR count). The number of benzene rings is 2. The summed E-state index contributed by atoms with van der Waals surface area (Å²) in [5.41, 5.74) is -2.97. The van der Waals surface area contributed by atoms with Gasteiger partial charge in [-0.15, -0.1) is 0 Å². The monoisotopic (exact) mass is 586 g/mol. The van der Waals surface area contributed by atoms with Crippen molar-refractivity contribution in [3.63, 3.8) is 0 Å². The summed E-state index contributed by atoms with van der Waals surface area (Å²) in [5.74, 6) is -1.25. The summed E-state index contributed by atoms with van der Waals surface area (Å²) in [7, 11) is -4.35. The average Bonchev–Trinajstić information content (AvgIpc) is 3.41. The van der Waals surface area contributed by atoms with E-state index in [0.29, 0.717) is 13.8 Å². The second-order valence-electron chi connectivity index (χ2n) is 9.00. The van der Waals surface area contributed by atoms with Crippen LogP contribution in [-0.2, 0) is 14.8 Å². The number of aromatic amines is 1. The zero-order valence-corrected chi connectivity index (χ0v) is 21.6. The summed E-state index contributed by atoms with van der Waals surface area (Å²) in [6.07, 6.45) is -5.99. The highest BCUT2D eigenvalue weighted by Gasteiger charge is 2.51. The van der Waals surface area contributed by atoms with E-state index < -0.39 is 45.7 Å². The van der Waals surface area contributed by atoms with Gasteiger partial charge in [0.05, 0.1) is 29.9 Å². The molecule has 0 saturated carbocycles. The number of nitrogens with one attached hydrogen (secondary N) is 3. The van der Waals surface area contributed by atoms with Gasteiger partial charge in [0.2, 0.25) is 5.60 Å². The molecule has 0 bridgehead atoms. The van der Waals surface area contributed by atoms with E-state index in [0.717, 1.165) is 28.6 Å². The molecule has 0 aliphatic carbocycles. The van der Waals surface area contributed by atoms with Crippen LogP contribution >= 0.6 is 0 Å². The number of H-pyrrole nitrogens is 1. The van der Waals surface area contributed by atoms with Crippen LogP contribution in [0.5, 0.6) is 5.75 Å². The standard InChI is InChI=1S/C23H22F4N6O6S/c1-22(2,23(25,26)27)39-21(35)30-14-5-8-19-18(9-14)33(40(36,37)16-6-3-13(24)4-7-16)12-15(38-19)10-28-20(34)17-11-29-32-31-17/h3-9,11,15H,10,12H2,1-2H3,(H,28,34)(H,30,35)(H,29,31,32). The maximum Gasteiger partial charge on any atom is 0.427 e. The largest absolute Gasteiger partial charge is 0.484 e. The number of anilines is 2. The number of alkyl halides is 3. The lowest BCUT2D eigenvalue weighted by Gasteiger charge is -2.35. The molecule has 1 aromatic heterocycles. The molecule has 1 atom stereocenters. The van der Waals surface area contributed by atoms with E-state index in [2.05, 4.69) is 30.8 Å². The van der Waals surface area contributed by atoms with E-state index in [9.17, 15) is 35.6 Å². The van der Waals surface area contributed by atoms with Crippen LogP contribution in [0.1, 0.15) is 24.3 Å². The minimum absolute atomic E-state index is 0.0108. The fourth-order valence-electron chi connectivity index (χ4n) is 3.50. The minimum Gasteiger partial charge on any atom is -0.484 e. The van der Waals surface area contributed by atoms with Crippen LogP contribution < -0.4 is 19.7 Å². The topological polar surface area (TPSA) is 156 Å². The Labute approximate surface area is 224 Å². The molecule has 0 fully saturated rings. The highest BCUT2D eigenvalue weighted by molar-refractivity contribution is 7.92. The summed E-state index contributed by atoms with van der Waals surface area (Å²) in [4.78, 5) is 24.2. The molecule has 2 amide bonds. The predicted octanol–water partition coefficient (Wildman–Crippen LogP) is 3.22. The van der Waals surface area contributed by atoms with E-state index in [1.165, 1.54) is 24.4 Å². The Kier molecular flexibility index (Phi) is 7.60. The molecule has 1 aliphatic rings.